The number of nitrogens with one attached hydrogen (secondary N) is 1. The highest BCUT2D eigenvalue weighted by Gasteiger charge is 2.24. The van der Waals surface area contributed by atoms with E-state index in [0.717, 1.165) is 18.4 Å². The van der Waals surface area contributed by atoms with Gasteiger partial charge in [0.1, 0.15) is 0 Å². The molecule has 0 aromatic carbocycles. The van der Waals surface area contributed by atoms with Crippen molar-refractivity contribution < 1.29 is 0 Å². The molecule has 1 aromatic heterocycles. The van der Waals surface area contributed by atoms with E-state index in [0.29, 0.717) is 12.0 Å². The lowest BCUT2D eigenvalue weighted by atomic mass is 10.1. The second kappa shape index (κ2) is 4.89. The summed E-state index contributed by atoms with van der Waals surface area (Å²) >= 11 is 0. The first-order valence-corrected chi connectivity index (χ1v) is 6.43. The van der Waals surface area contributed by atoms with Gasteiger partial charge in [-0.25, -0.2) is 4.98 Å². The van der Waals surface area contributed by atoms with E-state index in [9.17, 15) is 0 Å². The van der Waals surface area contributed by atoms with Gasteiger partial charge >= 0.3 is 0 Å². The molecule has 2 atom stereocenters. The lowest BCUT2D eigenvalue weighted by Crippen LogP contribution is -2.14. The third-order valence-corrected chi connectivity index (χ3v) is 3.40. The summed E-state index contributed by atoms with van der Waals surface area (Å²) in [5.74, 6) is 2.57. The van der Waals surface area contributed by atoms with Gasteiger partial charge in [-0.2, -0.15) is 0 Å². The van der Waals surface area contributed by atoms with Crippen LogP contribution in [0.4, 0.5) is 5.95 Å². The molecule has 0 spiro atoms. The van der Waals surface area contributed by atoms with Crippen LogP contribution >= 0.6 is 0 Å². The number of nitrogens with zero attached hydrogens (tertiary/aromatic N) is 2. The average Bonchev–Trinajstić information content (AvgIpc) is 2.82. The van der Waals surface area contributed by atoms with Crippen molar-refractivity contribution in [2.45, 2.75) is 46.1 Å². The zero-order chi connectivity index (χ0) is 11.5. The van der Waals surface area contributed by atoms with Crippen molar-refractivity contribution in [2.75, 3.05) is 11.9 Å². The molecule has 2 unspecified atom stereocenters. The quantitative estimate of drug-likeness (QED) is 0.845. The number of hydrogen-bond donors (Lipinski definition) is 1. The summed E-state index contributed by atoms with van der Waals surface area (Å²) in [6.07, 6.45) is 7.98. The van der Waals surface area contributed by atoms with Crippen LogP contribution in [0.5, 0.6) is 0 Å². The fourth-order valence-electron chi connectivity index (χ4n) is 2.47. The van der Waals surface area contributed by atoms with Gasteiger partial charge in [0.15, 0.2) is 0 Å². The number of anilines is 1. The van der Waals surface area contributed by atoms with Gasteiger partial charge in [-0.05, 0) is 31.1 Å². The van der Waals surface area contributed by atoms with Crippen LogP contribution in [0.1, 0.15) is 46.1 Å². The molecule has 1 N–H and O–H groups in total. The summed E-state index contributed by atoms with van der Waals surface area (Å²) in [6, 6.07) is 0.659. The van der Waals surface area contributed by atoms with Crippen LogP contribution in [0, 0.1) is 11.8 Å². The highest BCUT2D eigenvalue weighted by molar-refractivity contribution is 5.26. The first-order valence-electron chi connectivity index (χ1n) is 6.43. The van der Waals surface area contributed by atoms with Crippen molar-refractivity contribution >= 4 is 5.95 Å². The maximum absolute atomic E-state index is 4.41. The topological polar surface area (TPSA) is 29.9 Å². The second-order valence-electron chi connectivity index (χ2n) is 5.50. The summed E-state index contributed by atoms with van der Waals surface area (Å²) in [5.41, 5.74) is 0. The van der Waals surface area contributed by atoms with Gasteiger partial charge in [0.2, 0.25) is 5.95 Å². The smallest absolute Gasteiger partial charge is 0.203 e. The fourth-order valence-corrected chi connectivity index (χ4v) is 2.47. The number of imidazole rings is 1. The Morgan fingerprint density at radius 1 is 1.50 bits per heavy atom. The van der Waals surface area contributed by atoms with Crippen LogP contribution in [0.15, 0.2) is 12.4 Å². The zero-order valence-corrected chi connectivity index (χ0v) is 10.6. The Bertz CT molecular complexity index is 330. The molecular weight excluding hydrogens is 198 g/mol. The third kappa shape index (κ3) is 2.57. The summed E-state index contributed by atoms with van der Waals surface area (Å²) in [7, 11) is 0. The minimum atomic E-state index is 0.659. The van der Waals surface area contributed by atoms with E-state index in [1.807, 2.05) is 6.20 Å². The molecule has 2 rings (SSSR count). The van der Waals surface area contributed by atoms with E-state index in [-0.39, 0.29) is 0 Å². The predicted molar refractivity (Wildman–Crippen MR) is 67.6 cm³/mol. The Balaban J connectivity index is 2.01. The maximum atomic E-state index is 4.41. The third-order valence-electron chi connectivity index (χ3n) is 3.40. The molecule has 0 saturated heterocycles. The fraction of sp³-hybridized carbons (Fsp3) is 0.769. The largest absolute Gasteiger partial charge is 0.355 e. The molecule has 1 fully saturated rings. The van der Waals surface area contributed by atoms with Crippen molar-refractivity contribution in [2.24, 2.45) is 11.8 Å². The van der Waals surface area contributed by atoms with E-state index in [1.165, 1.54) is 19.3 Å². The lowest BCUT2D eigenvalue weighted by molar-refractivity contribution is 0.496. The summed E-state index contributed by atoms with van der Waals surface area (Å²) in [4.78, 5) is 4.41. The van der Waals surface area contributed by atoms with E-state index in [1.54, 1.807) is 0 Å². The summed E-state index contributed by atoms with van der Waals surface area (Å²) < 4.78 is 2.33. The van der Waals surface area contributed by atoms with E-state index in [2.05, 4.69) is 41.8 Å². The molecule has 1 heterocycles. The number of hydrogen-bond acceptors (Lipinski definition) is 2. The van der Waals surface area contributed by atoms with Crippen molar-refractivity contribution in [3.05, 3.63) is 12.4 Å². The van der Waals surface area contributed by atoms with Crippen LogP contribution in [0.2, 0.25) is 0 Å². The van der Waals surface area contributed by atoms with Gasteiger partial charge in [0.25, 0.3) is 0 Å². The standard InChI is InChI=1S/C13H23N3/c1-10(2)9-15-13-14-6-7-16(13)12-5-4-11(3)8-12/h6-7,10-12H,4-5,8-9H2,1-3H3,(H,14,15). The van der Waals surface area contributed by atoms with Crippen LogP contribution in [0.3, 0.4) is 0 Å². The first kappa shape index (κ1) is 11.5. The molecule has 0 bridgehead atoms. The van der Waals surface area contributed by atoms with Crippen LogP contribution in [-0.4, -0.2) is 16.1 Å². The number of aromatic nitrogens is 2. The summed E-state index contributed by atoms with van der Waals surface area (Å²) in [5, 5.41) is 3.44. The lowest BCUT2D eigenvalue weighted by Gasteiger charge is -2.16. The highest BCUT2D eigenvalue weighted by Crippen LogP contribution is 2.35. The predicted octanol–water partition coefficient (Wildman–Crippen LogP) is 3.31. The van der Waals surface area contributed by atoms with Crippen LogP contribution < -0.4 is 5.32 Å². The summed E-state index contributed by atoms with van der Waals surface area (Å²) in [6.45, 7) is 7.78. The van der Waals surface area contributed by atoms with E-state index >= 15 is 0 Å². The van der Waals surface area contributed by atoms with Gasteiger partial charge in [0, 0.05) is 25.0 Å². The highest BCUT2D eigenvalue weighted by atomic mass is 15.2. The SMILES string of the molecule is CC(C)CNc1nccn1C1CCC(C)C1. The van der Waals surface area contributed by atoms with Crippen molar-refractivity contribution in [1.29, 1.82) is 0 Å². The Morgan fingerprint density at radius 3 is 2.94 bits per heavy atom. The molecule has 16 heavy (non-hydrogen) atoms. The number of rotatable bonds is 4. The van der Waals surface area contributed by atoms with Crippen LogP contribution in [-0.2, 0) is 0 Å². The molecule has 0 aliphatic heterocycles. The van der Waals surface area contributed by atoms with E-state index in [4.69, 9.17) is 0 Å². The van der Waals surface area contributed by atoms with Crippen molar-refractivity contribution in [3.8, 4) is 0 Å². The minimum Gasteiger partial charge on any atom is -0.355 e. The second-order valence-corrected chi connectivity index (χ2v) is 5.50. The Morgan fingerprint density at radius 2 is 2.31 bits per heavy atom. The molecule has 1 aliphatic rings. The zero-order valence-electron chi connectivity index (χ0n) is 10.6. The molecular formula is C13H23N3. The Hall–Kier alpha value is -0.990. The van der Waals surface area contributed by atoms with Crippen molar-refractivity contribution in [1.82, 2.24) is 9.55 Å². The van der Waals surface area contributed by atoms with E-state index < -0.39 is 0 Å². The van der Waals surface area contributed by atoms with Gasteiger partial charge in [0.05, 0.1) is 0 Å². The molecule has 90 valence electrons. The van der Waals surface area contributed by atoms with Gasteiger partial charge in [-0.3, -0.25) is 0 Å². The first-order chi connectivity index (χ1) is 7.66. The molecule has 0 amide bonds. The van der Waals surface area contributed by atoms with Crippen LogP contribution in [0.25, 0.3) is 0 Å². The van der Waals surface area contributed by atoms with Gasteiger partial charge in [-0.15, -0.1) is 0 Å². The normalized spacial score (nSPS) is 25.2. The average molecular weight is 221 g/mol. The Kier molecular flexibility index (Phi) is 3.52. The molecule has 0 radical (unpaired) electrons. The monoisotopic (exact) mass is 221 g/mol. The van der Waals surface area contributed by atoms with Crippen molar-refractivity contribution in [3.63, 3.8) is 0 Å². The molecule has 1 aromatic rings. The molecule has 3 nitrogen and oxygen atoms in total. The maximum Gasteiger partial charge on any atom is 0.203 e. The van der Waals surface area contributed by atoms with Gasteiger partial charge in [-0.1, -0.05) is 20.8 Å². The molecule has 1 aliphatic carbocycles. The molecule has 1 saturated carbocycles. The van der Waals surface area contributed by atoms with Gasteiger partial charge < -0.3 is 9.88 Å². The Labute approximate surface area is 98.3 Å². The molecule has 3 heteroatoms. The minimum absolute atomic E-state index is 0.659.